The Morgan fingerprint density at radius 1 is 1.16 bits per heavy atom. The quantitative estimate of drug-likeness (QED) is 0.153. The monoisotopic (exact) mass is 544 g/mol. The Bertz CT molecular complexity index is 1430. The summed E-state index contributed by atoms with van der Waals surface area (Å²) in [6.45, 7) is 0. The van der Waals surface area contributed by atoms with Crippen LogP contribution in [0.25, 0.3) is 22.2 Å². The minimum atomic E-state index is -0.506. The summed E-state index contributed by atoms with van der Waals surface area (Å²) < 4.78 is 29.6. The van der Waals surface area contributed by atoms with Gasteiger partial charge in [-0.1, -0.05) is 17.5 Å². The van der Waals surface area contributed by atoms with Gasteiger partial charge in [0.05, 0.1) is 36.7 Å². The zero-order valence-electron chi connectivity index (χ0n) is 20.8. The second kappa shape index (κ2) is 15.1. The summed E-state index contributed by atoms with van der Waals surface area (Å²) in [5, 5.41) is 17.3. The fourth-order valence-electron chi connectivity index (χ4n) is 3.22. The second-order valence-electron chi connectivity index (χ2n) is 7.09. The zero-order chi connectivity index (χ0) is 28.1. The molecule has 0 spiro atoms. The number of aliphatic hydroxyl groups is 1. The molecule has 0 radical (unpaired) electrons. The Hall–Kier alpha value is -4.21. The second-order valence-corrected chi connectivity index (χ2v) is 7.49. The highest BCUT2D eigenvalue weighted by Crippen LogP contribution is 2.37. The number of nitrogens with two attached hydrogens (primary N) is 1. The Labute approximate surface area is 223 Å². The average Bonchev–Trinajstić information content (AvgIpc) is 3.43. The summed E-state index contributed by atoms with van der Waals surface area (Å²) in [6, 6.07) is 11.5. The van der Waals surface area contributed by atoms with Crippen molar-refractivity contribution in [3.8, 4) is 28.9 Å². The summed E-state index contributed by atoms with van der Waals surface area (Å²) in [5.74, 6) is 10.5. The first-order valence-corrected chi connectivity index (χ1v) is 11.3. The lowest BCUT2D eigenvalue weighted by Crippen LogP contribution is -1.98. The molecule has 0 aliphatic heterocycles. The van der Waals surface area contributed by atoms with E-state index in [0.29, 0.717) is 51.7 Å². The molecule has 0 amide bonds. The van der Waals surface area contributed by atoms with Crippen LogP contribution in [0.2, 0.25) is 5.02 Å². The summed E-state index contributed by atoms with van der Waals surface area (Å²) >= 11 is 5.90. The normalized spacial score (nSPS) is 9.68. The van der Waals surface area contributed by atoms with Crippen LogP contribution >= 0.6 is 11.6 Å². The van der Waals surface area contributed by atoms with Crippen LogP contribution in [0.1, 0.15) is 18.6 Å². The number of ether oxygens (including phenoxy) is 2. The lowest BCUT2D eigenvalue weighted by Gasteiger charge is -2.12. The number of fused-ring (bicyclic) bond motifs is 1. The number of hydrogen-bond acceptors (Lipinski definition) is 10. The maximum Gasteiger partial charge on any atom is 0.306 e. The number of nitrogens with one attached hydrogen (secondary N) is 1. The van der Waals surface area contributed by atoms with E-state index in [0.717, 1.165) is 7.11 Å². The van der Waals surface area contributed by atoms with Gasteiger partial charge in [0.2, 0.25) is 0 Å². The van der Waals surface area contributed by atoms with Crippen LogP contribution in [0, 0.1) is 17.7 Å². The summed E-state index contributed by atoms with van der Waals surface area (Å²) in [6.07, 6.45) is 2.00. The number of aliphatic hydroxyl groups excluding tert-OH is 1. The SMILES string of the molecule is CO.COC(=O)CCC#Cc1ccc(-c2cc3c(Nc4ccc(F)c(Cl)c4)ncnc3cc2OC)o1.NO. The average molecular weight is 545 g/mol. The number of carbonyl (C=O) groups is 1. The number of hydrogen-bond donors (Lipinski definition) is 4. The molecule has 0 aliphatic carbocycles. The van der Waals surface area contributed by atoms with Gasteiger partial charge in [-0.2, -0.15) is 0 Å². The number of methoxy groups -OCH3 is 2. The van der Waals surface area contributed by atoms with Gasteiger partial charge in [0.1, 0.15) is 29.5 Å². The van der Waals surface area contributed by atoms with Gasteiger partial charge in [-0.25, -0.2) is 20.3 Å². The van der Waals surface area contributed by atoms with Crippen molar-refractivity contribution in [3.63, 3.8) is 0 Å². The van der Waals surface area contributed by atoms with Gasteiger partial charge in [0, 0.05) is 30.7 Å². The van der Waals surface area contributed by atoms with Crippen molar-refractivity contribution >= 4 is 40.0 Å². The molecule has 0 aliphatic rings. The van der Waals surface area contributed by atoms with Gasteiger partial charge in [-0.05, 0) is 42.3 Å². The summed E-state index contributed by atoms with van der Waals surface area (Å²) in [7, 11) is 3.90. The minimum Gasteiger partial charge on any atom is -0.496 e. The third-order valence-corrected chi connectivity index (χ3v) is 5.19. The lowest BCUT2D eigenvalue weighted by atomic mass is 10.1. The summed E-state index contributed by atoms with van der Waals surface area (Å²) in [5.41, 5.74) is 1.89. The van der Waals surface area contributed by atoms with E-state index in [9.17, 15) is 9.18 Å². The van der Waals surface area contributed by atoms with Gasteiger partial charge >= 0.3 is 5.97 Å². The van der Waals surface area contributed by atoms with Crippen molar-refractivity contribution in [3.05, 3.63) is 65.4 Å². The van der Waals surface area contributed by atoms with Crippen LogP contribution in [0.4, 0.5) is 15.9 Å². The van der Waals surface area contributed by atoms with E-state index in [1.54, 1.807) is 31.4 Å². The predicted octanol–water partition coefficient (Wildman–Crippen LogP) is 4.68. The van der Waals surface area contributed by atoms with Crippen molar-refractivity contribution < 1.29 is 33.4 Å². The Balaban J connectivity index is 0.00000121. The van der Waals surface area contributed by atoms with Gasteiger partial charge in [0.25, 0.3) is 0 Å². The molecule has 200 valence electrons. The van der Waals surface area contributed by atoms with E-state index < -0.39 is 5.82 Å². The highest BCUT2D eigenvalue weighted by Gasteiger charge is 2.15. The molecule has 12 heteroatoms. The molecular weight excluding hydrogens is 519 g/mol. The molecular formula is C26H26ClFN4O6. The highest BCUT2D eigenvalue weighted by atomic mass is 35.5. The van der Waals surface area contributed by atoms with Crippen molar-refractivity contribution in [2.24, 2.45) is 5.90 Å². The van der Waals surface area contributed by atoms with E-state index in [2.05, 4.69) is 37.8 Å². The van der Waals surface area contributed by atoms with Crippen molar-refractivity contribution in [1.82, 2.24) is 9.97 Å². The first-order valence-electron chi connectivity index (χ1n) is 10.9. The van der Waals surface area contributed by atoms with Crippen molar-refractivity contribution in [2.45, 2.75) is 12.8 Å². The number of halogens is 2. The fraction of sp³-hybridized carbons (Fsp3) is 0.192. The molecule has 0 unspecified atom stereocenters. The smallest absolute Gasteiger partial charge is 0.306 e. The molecule has 38 heavy (non-hydrogen) atoms. The van der Waals surface area contributed by atoms with E-state index >= 15 is 0 Å². The van der Waals surface area contributed by atoms with Crippen LogP contribution in [0.3, 0.4) is 0 Å². The molecule has 2 aromatic heterocycles. The first kappa shape index (κ1) is 30.0. The molecule has 4 rings (SSSR count). The van der Waals surface area contributed by atoms with Crippen LogP contribution in [0.5, 0.6) is 5.75 Å². The minimum absolute atomic E-state index is 0.00142. The van der Waals surface area contributed by atoms with E-state index in [1.807, 2.05) is 6.07 Å². The molecule has 0 bridgehead atoms. The standard InChI is InChI=1S/C25H19ClFN3O4.CH4O.H3NO/c1-32-23-13-21-17(25(29-14-28-21)30-15-7-9-20(27)19(26)11-15)12-18(23)22-10-8-16(34-22)5-3-4-6-24(31)33-2;2*1-2/h7-14H,4,6H2,1-2H3,(H,28,29,30);2H,1H3;2H,1H2. The highest BCUT2D eigenvalue weighted by molar-refractivity contribution is 6.31. The molecule has 0 fully saturated rings. The maximum absolute atomic E-state index is 13.5. The van der Waals surface area contributed by atoms with E-state index in [4.69, 9.17) is 31.1 Å². The van der Waals surface area contributed by atoms with Gasteiger partial charge < -0.3 is 29.5 Å². The maximum atomic E-state index is 13.5. The van der Waals surface area contributed by atoms with Crippen LogP contribution in [-0.4, -0.2) is 47.6 Å². The Morgan fingerprint density at radius 3 is 2.61 bits per heavy atom. The number of nitrogens with zero attached hydrogens (tertiary/aromatic N) is 2. The zero-order valence-corrected chi connectivity index (χ0v) is 21.5. The summed E-state index contributed by atoms with van der Waals surface area (Å²) in [4.78, 5) is 19.9. The third kappa shape index (κ3) is 7.64. The fourth-order valence-corrected chi connectivity index (χ4v) is 3.40. The molecule has 5 N–H and O–H groups in total. The van der Waals surface area contributed by atoms with Crippen molar-refractivity contribution in [2.75, 3.05) is 26.6 Å². The van der Waals surface area contributed by atoms with E-state index in [1.165, 1.54) is 25.6 Å². The third-order valence-electron chi connectivity index (χ3n) is 4.90. The number of benzene rings is 2. The van der Waals surface area contributed by atoms with Crippen LogP contribution < -0.4 is 16.0 Å². The van der Waals surface area contributed by atoms with E-state index in [-0.39, 0.29) is 17.4 Å². The molecule has 4 aromatic rings. The van der Waals surface area contributed by atoms with Gasteiger partial charge in [-0.15, -0.1) is 0 Å². The number of esters is 1. The van der Waals surface area contributed by atoms with Crippen LogP contribution in [0.15, 0.2) is 53.2 Å². The Kier molecular flexibility index (Phi) is 12.0. The molecule has 2 aromatic carbocycles. The molecule has 2 heterocycles. The van der Waals surface area contributed by atoms with Gasteiger partial charge in [0.15, 0.2) is 5.76 Å². The predicted molar refractivity (Wildman–Crippen MR) is 141 cm³/mol. The molecule has 0 saturated carbocycles. The number of rotatable bonds is 6. The number of furan rings is 1. The van der Waals surface area contributed by atoms with Gasteiger partial charge in [-0.3, -0.25) is 4.79 Å². The largest absolute Gasteiger partial charge is 0.496 e. The number of aromatic nitrogens is 2. The first-order chi connectivity index (χ1) is 18.5. The molecule has 0 atom stereocenters. The van der Waals surface area contributed by atoms with Crippen molar-refractivity contribution in [1.29, 1.82) is 0 Å². The molecule has 10 nitrogen and oxygen atoms in total. The lowest BCUT2D eigenvalue weighted by molar-refractivity contribution is -0.140. The van der Waals surface area contributed by atoms with Crippen LogP contribution in [-0.2, 0) is 9.53 Å². The topological polar surface area (TPSA) is 153 Å². The number of anilines is 2. The number of carbonyl (C=O) groups excluding carboxylic acids is 1. The molecule has 0 saturated heterocycles. The Morgan fingerprint density at radius 2 is 1.92 bits per heavy atom.